The molecule has 0 fully saturated rings. The zero-order valence-corrected chi connectivity index (χ0v) is 11.5. The topological polar surface area (TPSA) is 41.5 Å². The first kappa shape index (κ1) is 13.5. The van der Waals surface area contributed by atoms with Gasteiger partial charge >= 0.3 is 0 Å². The van der Waals surface area contributed by atoms with Crippen molar-refractivity contribution in [3.8, 4) is 0 Å². The summed E-state index contributed by atoms with van der Waals surface area (Å²) in [6.07, 6.45) is -0.457. The molecule has 0 saturated carbocycles. The molecule has 1 aromatic heterocycles. The van der Waals surface area contributed by atoms with Gasteiger partial charge in [-0.25, -0.2) is 0 Å². The van der Waals surface area contributed by atoms with E-state index in [1.807, 2.05) is 19.1 Å². The summed E-state index contributed by atoms with van der Waals surface area (Å²) in [6.45, 7) is 3.25. The van der Waals surface area contributed by atoms with E-state index in [4.69, 9.17) is 4.74 Å². The molecule has 0 spiro atoms. The summed E-state index contributed by atoms with van der Waals surface area (Å²) in [6, 6.07) is 10.5. The molecule has 0 unspecified atom stereocenters. The van der Waals surface area contributed by atoms with Crippen molar-refractivity contribution in [1.82, 2.24) is 5.32 Å². The van der Waals surface area contributed by atoms with Gasteiger partial charge in [0.1, 0.15) is 6.10 Å². The summed E-state index contributed by atoms with van der Waals surface area (Å²) >= 11 is 1.65. The lowest BCUT2D eigenvalue weighted by Crippen LogP contribution is -2.33. The Morgan fingerprint density at radius 2 is 2.17 bits per heavy atom. The van der Waals surface area contributed by atoms with Gasteiger partial charge in [0.2, 0.25) is 0 Å². The Kier molecular flexibility index (Phi) is 4.72. The van der Waals surface area contributed by atoms with E-state index in [0.29, 0.717) is 13.2 Å². The molecule has 4 heteroatoms. The number of hydrogen-bond donors (Lipinski definition) is 2. The average molecular weight is 265 g/mol. The molecule has 98 valence electrons. The number of fused-ring (bicyclic) bond motifs is 1. The SMILES string of the molecule is COC[C@@H](C)NC[C@@H](O)c1cc2ccccc2s1. The number of methoxy groups -OCH3 is 1. The van der Waals surface area contributed by atoms with Crippen LogP contribution in [0.3, 0.4) is 0 Å². The van der Waals surface area contributed by atoms with Crippen molar-refractivity contribution in [2.45, 2.75) is 19.1 Å². The highest BCUT2D eigenvalue weighted by Crippen LogP contribution is 2.29. The van der Waals surface area contributed by atoms with Gasteiger partial charge in [-0.1, -0.05) is 18.2 Å². The smallest absolute Gasteiger partial charge is 0.101 e. The van der Waals surface area contributed by atoms with Gasteiger partial charge in [0.05, 0.1) is 6.61 Å². The van der Waals surface area contributed by atoms with Crippen molar-refractivity contribution in [2.24, 2.45) is 0 Å². The van der Waals surface area contributed by atoms with Crippen molar-refractivity contribution < 1.29 is 9.84 Å². The lowest BCUT2D eigenvalue weighted by Gasteiger charge is -2.15. The van der Waals surface area contributed by atoms with E-state index >= 15 is 0 Å². The molecule has 0 bridgehead atoms. The van der Waals surface area contributed by atoms with E-state index in [0.717, 1.165) is 4.88 Å². The summed E-state index contributed by atoms with van der Waals surface area (Å²) in [5.74, 6) is 0. The highest BCUT2D eigenvalue weighted by Gasteiger charge is 2.12. The second kappa shape index (κ2) is 6.29. The quantitative estimate of drug-likeness (QED) is 0.843. The second-order valence-electron chi connectivity index (χ2n) is 4.47. The van der Waals surface area contributed by atoms with Gasteiger partial charge in [0, 0.05) is 29.3 Å². The Hall–Kier alpha value is -0.940. The largest absolute Gasteiger partial charge is 0.386 e. The molecule has 2 aromatic rings. The summed E-state index contributed by atoms with van der Waals surface area (Å²) in [5.41, 5.74) is 0. The molecular formula is C14H19NO2S. The molecule has 0 aliphatic rings. The third-order valence-corrected chi connectivity index (χ3v) is 4.07. The van der Waals surface area contributed by atoms with Gasteiger partial charge in [-0.3, -0.25) is 0 Å². The fraction of sp³-hybridized carbons (Fsp3) is 0.429. The number of thiophene rings is 1. The second-order valence-corrected chi connectivity index (χ2v) is 5.58. The van der Waals surface area contributed by atoms with Crippen LogP contribution in [-0.4, -0.2) is 31.4 Å². The van der Waals surface area contributed by atoms with Crippen molar-refractivity contribution in [2.75, 3.05) is 20.3 Å². The molecule has 0 amide bonds. The van der Waals surface area contributed by atoms with E-state index in [1.54, 1.807) is 18.4 Å². The molecule has 0 saturated heterocycles. The molecule has 0 aliphatic carbocycles. The third kappa shape index (κ3) is 3.29. The number of rotatable bonds is 6. The number of aliphatic hydroxyl groups is 1. The monoisotopic (exact) mass is 265 g/mol. The number of benzene rings is 1. The van der Waals surface area contributed by atoms with Gasteiger partial charge in [-0.15, -0.1) is 11.3 Å². The Morgan fingerprint density at radius 3 is 2.89 bits per heavy atom. The standard InChI is InChI=1S/C14H19NO2S/c1-10(9-17-2)15-8-12(16)14-7-11-5-3-4-6-13(11)18-14/h3-7,10,12,15-16H,8-9H2,1-2H3/t10-,12-/m1/s1. The fourth-order valence-corrected chi connectivity index (χ4v) is 2.94. The maximum Gasteiger partial charge on any atom is 0.101 e. The fourth-order valence-electron chi connectivity index (χ4n) is 1.89. The van der Waals surface area contributed by atoms with Crippen LogP contribution < -0.4 is 5.32 Å². The van der Waals surface area contributed by atoms with Crippen LogP contribution in [0.2, 0.25) is 0 Å². The molecule has 2 atom stereocenters. The molecule has 18 heavy (non-hydrogen) atoms. The summed E-state index contributed by atoms with van der Waals surface area (Å²) in [5, 5.41) is 14.6. The number of aliphatic hydroxyl groups excluding tert-OH is 1. The first-order chi connectivity index (χ1) is 8.70. The Bertz CT molecular complexity index is 464. The summed E-state index contributed by atoms with van der Waals surface area (Å²) in [4.78, 5) is 1.01. The Morgan fingerprint density at radius 1 is 1.39 bits per heavy atom. The molecule has 0 radical (unpaired) electrons. The third-order valence-electron chi connectivity index (χ3n) is 2.85. The van der Waals surface area contributed by atoms with E-state index in [9.17, 15) is 5.11 Å². The van der Waals surface area contributed by atoms with Crippen LogP contribution in [0, 0.1) is 0 Å². The van der Waals surface area contributed by atoms with Crippen LogP contribution in [0.1, 0.15) is 17.9 Å². The van der Waals surface area contributed by atoms with Gasteiger partial charge in [0.15, 0.2) is 0 Å². The van der Waals surface area contributed by atoms with E-state index in [-0.39, 0.29) is 6.04 Å². The van der Waals surface area contributed by atoms with Crippen LogP contribution in [0.4, 0.5) is 0 Å². The average Bonchev–Trinajstić information content (AvgIpc) is 2.80. The molecule has 2 N–H and O–H groups in total. The van der Waals surface area contributed by atoms with Crippen LogP contribution in [0.25, 0.3) is 10.1 Å². The van der Waals surface area contributed by atoms with Crippen molar-refractivity contribution in [3.63, 3.8) is 0 Å². The normalized spacial score (nSPS) is 14.8. The van der Waals surface area contributed by atoms with E-state index in [2.05, 4.69) is 23.5 Å². The minimum atomic E-state index is -0.457. The van der Waals surface area contributed by atoms with Gasteiger partial charge in [-0.2, -0.15) is 0 Å². The molecule has 1 heterocycles. The van der Waals surface area contributed by atoms with Crippen molar-refractivity contribution >= 4 is 21.4 Å². The highest BCUT2D eigenvalue weighted by molar-refractivity contribution is 7.19. The minimum Gasteiger partial charge on any atom is -0.386 e. The molecule has 1 aromatic carbocycles. The maximum absolute atomic E-state index is 10.1. The van der Waals surface area contributed by atoms with Gasteiger partial charge < -0.3 is 15.2 Å². The number of ether oxygens (including phenoxy) is 1. The Labute approximate surface area is 111 Å². The minimum absolute atomic E-state index is 0.249. The lowest BCUT2D eigenvalue weighted by atomic mass is 10.2. The van der Waals surface area contributed by atoms with Crippen LogP contribution in [0.15, 0.2) is 30.3 Å². The summed E-state index contributed by atoms with van der Waals surface area (Å²) < 4.78 is 6.27. The lowest BCUT2D eigenvalue weighted by molar-refractivity contribution is 0.145. The van der Waals surface area contributed by atoms with Crippen LogP contribution in [0.5, 0.6) is 0 Å². The van der Waals surface area contributed by atoms with Crippen molar-refractivity contribution in [1.29, 1.82) is 0 Å². The van der Waals surface area contributed by atoms with E-state index in [1.165, 1.54) is 10.1 Å². The van der Waals surface area contributed by atoms with E-state index < -0.39 is 6.10 Å². The molecule has 0 aliphatic heterocycles. The van der Waals surface area contributed by atoms with Crippen LogP contribution >= 0.6 is 11.3 Å². The predicted molar refractivity (Wildman–Crippen MR) is 76.1 cm³/mol. The van der Waals surface area contributed by atoms with Gasteiger partial charge in [0.25, 0.3) is 0 Å². The first-order valence-corrected chi connectivity index (χ1v) is 6.91. The van der Waals surface area contributed by atoms with Crippen molar-refractivity contribution in [3.05, 3.63) is 35.2 Å². The molecular weight excluding hydrogens is 246 g/mol. The first-order valence-electron chi connectivity index (χ1n) is 6.09. The predicted octanol–water partition coefficient (Wildman–Crippen LogP) is 2.56. The van der Waals surface area contributed by atoms with Crippen LogP contribution in [-0.2, 0) is 4.74 Å². The maximum atomic E-state index is 10.1. The zero-order chi connectivity index (χ0) is 13.0. The van der Waals surface area contributed by atoms with Gasteiger partial charge in [-0.05, 0) is 24.4 Å². The number of hydrogen-bond acceptors (Lipinski definition) is 4. The summed E-state index contributed by atoms with van der Waals surface area (Å²) in [7, 11) is 1.68. The Balaban J connectivity index is 1.98. The number of nitrogens with one attached hydrogen (secondary N) is 1. The zero-order valence-electron chi connectivity index (χ0n) is 10.7. The highest BCUT2D eigenvalue weighted by atomic mass is 32.1. The molecule has 3 nitrogen and oxygen atoms in total. The molecule has 2 rings (SSSR count).